The molecule has 0 spiro atoms. The fraction of sp³-hybridized carbons (Fsp3) is 0.600. The fourth-order valence-electron chi connectivity index (χ4n) is 4.47. The van der Waals surface area contributed by atoms with Crippen molar-refractivity contribution in [2.24, 2.45) is 7.05 Å². The second-order valence-corrected chi connectivity index (χ2v) is 7.75. The molecule has 3 heterocycles. The van der Waals surface area contributed by atoms with E-state index in [1.807, 2.05) is 9.47 Å². The van der Waals surface area contributed by atoms with E-state index in [1.165, 1.54) is 4.68 Å². The summed E-state index contributed by atoms with van der Waals surface area (Å²) in [5.74, 6) is 1.37. The molecule has 1 aliphatic carbocycles. The number of amides is 1. The van der Waals surface area contributed by atoms with Crippen molar-refractivity contribution >= 4 is 5.91 Å². The third kappa shape index (κ3) is 3.43. The van der Waals surface area contributed by atoms with E-state index in [0.717, 1.165) is 44.3 Å². The molecule has 1 saturated carbocycles. The number of pyridine rings is 1. The zero-order valence-electron chi connectivity index (χ0n) is 16.5. The van der Waals surface area contributed by atoms with Gasteiger partial charge < -0.3 is 9.64 Å². The third-order valence-electron chi connectivity index (χ3n) is 5.94. The first-order valence-corrected chi connectivity index (χ1v) is 10.0. The topological polar surface area (TPSA) is 82.3 Å². The van der Waals surface area contributed by atoms with Crippen LogP contribution in [0.1, 0.15) is 66.7 Å². The van der Waals surface area contributed by atoms with Gasteiger partial charge in [0.2, 0.25) is 5.88 Å². The first kappa shape index (κ1) is 18.7. The van der Waals surface area contributed by atoms with Crippen molar-refractivity contribution in [3.8, 4) is 5.88 Å². The van der Waals surface area contributed by atoms with Gasteiger partial charge in [0.05, 0.1) is 12.7 Å². The van der Waals surface area contributed by atoms with Crippen LogP contribution in [0.15, 0.2) is 23.1 Å². The van der Waals surface area contributed by atoms with Crippen LogP contribution in [0.3, 0.4) is 0 Å². The van der Waals surface area contributed by atoms with E-state index in [-0.39, 0.29) is 23.6 Å². The molecule has 8 nitrogen and oxygen atoms in total. The number of methoxy groups -OCH3 is 1. The van der Waals surface area contributed by atoms with Crippen LogP contribution in [0.5, 0.6) is 5.88 Å². The van der Waals surface area contributed by atoms with E-state index in [1.54, 1.807) is 32.5 Å². The van der Waals surface area contributed by atoms with E-state index < -0.39 is 0 Å². The highest BCUT2D eigenvalue weighted by molar-refractivity contribution is 5.94. The minimum atomic E-state index is -0.0373. The van der Waals surface area contributed by atoms with Crippen LogP contribution < -0.4 is 10.4 Å². The van der Waals surface area contributed by atoms with E-state index in [4.69, 9.17) is 4.74 Å². The second-order valence-electron chi connectivity index (χ2n) is 7.75. The van der Waals surface area contributed by atoms with E-state index in [9.17, 15) is 9.59 Å². The van der Waals surface area contributed by atoms with Crippen LogP contribution in [0.2, 0.25) is 0 Å². The summed E-state index contributed by atoms with van der Waals surface area (Å²) >= 11 is 0. The van der Waals surface area contributed by atoms with Crippen molar-refractivity contribution in [2.75, 3.05) is 20.2 Å². The van der Waals surface area contributed by atoms with Gasteiger partial charge in [-0.15, -0.1) is 0 Å². The summed E-state index contributed by atoms with van der Waals surface area (Å²) in [4.78, 5) is 31.6. The number of aromatic nitrogens is 4. The van der Waals surface area contributed by atoms with Gasteiger partial charge in [0.15, 0.2) is 0 Å². The Kier molecular flexibility index (Phi) is 5.19. The predicted octanol–water partition coefficient (Wildman–Crippen LogP) is 2.12. The lowest BCUT2D eigenvalue weighted by Crippen LogP contribution is -2.40. The molecule has 2 aliphatic rings. The molecule has 2 aromatic rings. The van der Waals surface area contributed by atoms with Crippen LogP contribution in [0.25, 0.3) is 0 Å². The van der Waals surface area contributed by atoms with Gasteiger partial charge in [-0.1, -0.05) is 12.8 Å². The molecule has 0 radical (unpaired) electrons. The smallest absolute Gasteiger partial charge is 0.345 e. The van der Waals surface area contributed by atoms with Gasteiger partial charge >= 0.3 is 5.69 Å². The Balaban J connectivity index is 1.56. The number of nitrogens with zero attached hydrogens (tertiary/aromatic N) is 5. The zero-order valence-corrected chi connectivity index (χ0v) is 16.5. The Morgan fingerprint density at radius 3 is 2.64 bits per heavy atom. The van der Waals surface area contributed by atoms with Crippen LogP contribution in [-0.2, 0) is 7.05 Å². The molecule has 1 atom stereocenters. The maximum absolute atomic E-state index is 12.9. The number of aryl methyl sites for hydroxylation is 1. The zero-order chi connectivity index (χ0) is 19.7. The SMILES string of the molecule is COc1ccc(C(=O)N2CCCC(c3nn(C)c(=O)n3C3CCCC3)C2)cn1. The normalized spacial score (nSPS) is 20.5. The summed E-state index contributed by atoms with van der Waals surface area (Å²) in [6, 6.07) is 3.69. The number of piperidine rings is 1. The van der Waals surface area contributed by atoms with Gasteiger partial charge in [0, 0.05) is 44.4 Å². The minimum Gasteiger partial charge on any atom is -0.481 e. The standard InChI is InChI=1S/C20H27N5O3/c1-23-20(27)25(16-7-3-4-8-16)18(22-23)15-6-5-11-24(13-15)19(26)14-9-10-17(28-2)21-12-14/h9-10,12,15-16H,3-8,11,13H2,1-2H3. The molecule has 150 valence electrons. The van der Waals surface area contributed by atoms with Crippen molar-refractivity contribution in [3.05, 3.63) is 40.2 Å². The quantitative estimate of drug-likeness (QED) is 0.805. The Morgan fingerprint density at radius 2 is 1.96 bits per heavy atom. The summed E-state index contributed by atoms with van der Waals surface area (Å²) in [5, 5.41) is 4.57. The van der Waals surface area contributed by atoms with Crippen molar-refractivity contribution in [2.45, 2.75) is 50.5 Å². The number of hydrogen-bond acceptors (Lipinski definition) is 5. The molecule has 8 heteroatoms. The molecule has 1 saturated heterocycles. The number of rotatable bonds is 4. The first-order valence-electron chi connectivity index (χ1n) is 10.0. The van der Waals surface area contributed by atoms with Crippen molar-refractivity contribution < 1.29 is 9.53 Å². The Morgan fingerprint density at radius 1 is 1.18 bits per heavy atom. The monoisotopic (exact) mass is 385 g/mol. The lowest BCUT2D eigenvalue weighted by atomic mass is 9.96. The van der Waals surface area contributed by atoms with Crippen molar-refractivity contribution in [1.82, 2.24) is 24.2 Å². The summed E-state index contributed by atoms with van der Waals surface area (Å²) < 4.78 is 8.42. The Hall–Kier alpha value is -2.64. The summed E-state index contributed by atoms with van der Waals surface area (Å²) in [5.41, 5.74) is 0.514. The van der Waals surface area contributed by atoms with E-state index in [0.29, 0.717) is 24.5 Å². The molecule has 0 bridgehead atoms. The molecule has 2 fully saturated rings. The summed E-state index contributed by atoms with van der Waals surface area (Å²) in [6.07, 6.45) is 7.77. The molecule has 1 aliphatic heterocycles. The maximum Gasteiger partial charge on any atom is 0.345 e. The lowest BCUT2D eigenvalue weighted by molar-refractivity contribution is 0.0702. The van der Waals surface area contributed by atoms with Gasteiger partial charge in [0.1, 0.15) is 5.82 Å². The van der Waals surface area contributed by atoms with Gasteiger partial charge in [-0.2, -0.15) is 5.10 Å². The van der Waals surface area contributed by atoms with Gasteiger partial charge in [-0.05, 0) is 31.7 Å². The lowest BCUT2D eigenvalue weighted by Gasteiger charge is -2.32. The summed E-state index contributed by atoms with van der Waals surface area (Å²) in [6.45, 7) is 1.29. The molecule has 0 aromatic carbocycles. The molecule has 28 heavy (non-hydrogen) atoms. The highest BCUT2D eigenvalue weighted by Crippen LogP contribution is 2.33. The third-order valence-corrected chi connectivity index (χ3v) is 5.94. The van der Waals surface area contributed by atoms with Crippen LogP contribution in [0.4, 0.5) is 0 Å². The van der Waals surface area contributed by atoms with Crippen molar-refractivity contribution in [3.63, 3.8) is 0 Å². The van der Waals surface area contributed by atoms with Crippen LogP contribution >= 0.6 is 0 Å². The molecule has 2 aromatic heterocycles. The molecule has 4 rings (SSSR count). The molecule has 1 amide bonds. The molecular weight excluding hydrogens is 358 g/mol. The van der Waals surface area contributed by atoms with Crippen molar-refractivity contribution in [1.29, 1.82) is 0 Å². The molecule has 1 unspecified atom stereocenters. The largest absolute Gasteiger partial charge is 0.481 e. The highest BCUT2D eigenvalue weighted by Gasteiger charge is 2.32. The maximum atomic E-state index is 12.9. The number of likely N-dealkylation sites (tertiary alicyclic amines) is 1. The van der Waals surface area contributed by atoms with Crippen LogP contribution in [-0.4, -0.2) is 50.3 Å². The van der Waals surface area contributed by atoms with Gasteiger partial charge in [0.25, 0.3) is 5.91 Å². The average Bonchev–Trinajstić information content (AvgIpc) is 3.36. The van der Waals surface area contributed by atoms with E-state index >= 15 is 0 Å². The van der Waals surface area contributed by atoms with Crippen LogP contribution in [0, 0.1) is 0 Å². The first-order chi connectivity index (χ1) is 13.6. The number of carbonyl (C=O) groups is 1. The summed E-state index contributed by atoms with van der Waals surface area (Å²) in [7, 11) is 3.27. The Bertz CT molecular complexity index is 896. The molecule has 0 N–H and O–H groups in total. The van der Waals surface area contributed by atoms with E-state index in [2.05, 4.69) is 10.1 Å². The second kappa shape index (κ2) is 7.77. The number of carbonyl (C=O) groups excluding carboxylic acids is 1. The number of hydrogen-bond donors (Lipinski definition) is 0. The van der Waals surface area contributed by atoms with Gasteiger partial charge in [-0.25, -0.2) is 14.5 Å². The average molecular weight is 385 g/mol. The molecular formula is C20H27N5O3. The number of ether oxygens (including phenoxy) is 1. The fourth-order valence-corrected chi connectivity index (χ4v) is 4.47. The van der Waals surface area contributed by atoms with Gasteiger partial charge in [-0.3, -0.25) is 9.36 Å². The highest BCUT2D eigenvalue weighted by atomic mass is 16.5. The Labute approximate surface area is 164 Å². The minimum absolute atomic E-state index is 0.0365. The predicted molar refractivity (Wildman–Crippen MR) is 104 cm³/mol.